The highest BCUT2D eigenvalue weighted by atomic mass is 31.2. The molecule has 0 aliphatic carbocycles. The highest BCUT2D eigenvalue weighted by Crippen LogP contribution is 2.45. The molecular weight excluding hydrogens is 1190 g/mol. The Balaban J connectivity index is 5.26. The number of aliphatic hydroxyl groups excluding tert-OH is 1. The van der Waals surface area contributed by atoms with Crippen LogP contribution in [0.15, 0.2) is 0 Å². The number of unbranched alkanes of at least 4 members (excludes halogenated alkanes) is 39. The van der Waals surface area contributed by atoms with Crippen molar-refractivity contribution in [2.45, 2.75) is 381 Å². The minimum Gasteiger partial charge on any atom is -0.462 e. The van der Waals surface area contributed by atoms with Gasteiger partial charge in [0.2, 0.25) is 0 Å². The number of phosphoric acid groups is 2. The Morgan fingerprint density at radius 2 is 0.567 bits per heavy atom. The third-order valence-electron chi connectivity index (χ3n) is 16.8. The maximum Gasteiger partial charge on any atom is 0.472 e. The molecule has 0 rings (SSSR count). The van der Waals surface area contributed by atoms with Gasteiger partial charge < -0.3 is 33.8 Å². The normalized spacial score (nSPS) is 14.4. The molecule has 0 aliphatic rings. The van der Waals surface area contributed by atoms with Crippen molar-refractivity contribution in [2.24, 2.45) is 11.8 Å². The zero-order valence-corrected chi connectivity index (χ0v) is 60.2. The highest BCUT2D eigenvalue weighted by Gasteiger charge is 2.30. The van der Waals surface area contributed by atoms with Crippen molar-refractivity contribution in [2.75, 3.05) is 39.6 Å². The number of rotatable bonds is 70. The molecule has 0 radical (unpaired) electrons. The summed E-state index contributed by atoms with van der Waals surface area (Å²) in [6, 6.07) is 0. The van der Waals surface area contributed by atoms with Crippen molar-refractivity contribution in [3.05, 3.63) is 0 Å². The van der Waals surface area contributed by atoms with E-state index < -0.39 is 97.5 Å². The van der Waals surface area contributed by atoms with Crippen LogP contribution < -0.4 is 0 Å². The van der Waals surface area contributed by atoms with Crippen LogP contribution in [0.2, 0.25) is 0 Å². The quantitative estimate of drug-likeness (QED) is 0.0222. The highest BCUT2D eigenvalue weighted by molar-refractivity contribution is 7.47. The number of esters is 4. The lowest BCUT2D eigenvalue weighted by molar-refractivity contribution is -0.161. The molecule has 0 aromatic carbocycles. The zero-order valence-electron chi connectivity index (χ0n) is 58.4. The van der Waals surface area contributed by atoms with Crippen LogP contribution in [-0.2, 0) is 65.4 Å². The lowest BCUT2D eigenvalue weighted by Gasteiger charge is -2.21. The Bertz CT molecular complexity index is 1750. The Labute approximate surface area is 549 Å². The Kier molecular flexibility index (Phi) is 61.8. The van der Waals surface area contributed by atoms with Crippen molar-refractivity contribution in [1.29, 1.82) is 0 Å². The van der Waals surface area contributed by atoms with Gasteiger partial charge in [-0.25, -0.2) is 9.13 Å². The Morgan fingerprint density at radius 3 is 0.844 bits per heavy atom. The molecule has 0 amide bonds. The summed E-state index contributed by atoms with van der Waals surface area (Å²) in [7, 11) is -9.90. The lowest BCUT2D eigenvalue weighted by atomic mass is 9.99. The first-order valence-electron chi connectivity index (χ1n) is 37.0. The largest absolute Gasteiger partial charge is 0.472 e. The lowest BCUT2D eigenvalue weighted by Crippen LogP contribution is -2.30. The summed E-state index contributed by atoms with van der Waals surface area (Å²) in [4.78, 5) is 72.6. The van der Waals surface area contributed by atoms with E-state index in [0.29, 0.717) is 25.7 Å². The average Bonchev–Trinajstić information content (AvgIpc) is 3.68. The zero-order chi connectivity index (χ0) is 66.5. The molecule has 0 aliphatic heterocycles. The number of hydrogen-bond acceptors (Lipinski definition) is 15. The Morgan fingerprint density at radius 1 is 0.322 bits per heavy atom. The maximum atomic E-state index is 13.0. The van der Waals surface area contributed by atoms with E-state index in [1.165, 1.54) is 180 Å². The first-order valence-corrected chi connectivity index (χ1v) is 40.0. The van der Waals surface area contributed by atoms with Crippen LogP contribution in [0.1, 0.15) is 363 Å². The summed E-state index contributed by atoms with van der Waals surface area (Å²) in [6.07, 6.45) is 48.4. The summed E-state index contributed by atoms with van der Waals surface area (Å²) in [5.41, 5.74) is 0. The second-order valence-corrected chi connectivity index (χ2v) is 29.3. The van der Waals surface area contributed by atoms with Crippen LogP contribution >= 0.6 is 15.6 Å². The van der Waals surface area contributed by atoms with E-state index in [-0.39, 0.29) is 25.7 Å². The second-order valence-electron chi connectivity index (χ2n) is 26.3. The molecule has 0 aromatic heterocycles. The van der Waals surface area contributed by atoms with Crippen LogP contribution in [0, 0.1) is 11.8 Å². The molecule has 0 fully saturated rings. The van der Waals surface area contributed by atoms with Gasteiger partial charge in [0.05, 0.1) is 26.4 Å². The fraction of sp³-hybridized carbons (Fsp3) is 0.944. The van der Waals surface area contributed by atoms with Gasteiger partial charge in [0, 0.05) is 25.7 Å². The number of carbonyl (C=O) groups is 4. The predicted octanol–water partition coefficient (Wildman–Crippen LogP) is 20.4. The molecule has 0 bridgehead atoms. The first-order chi connectivity index (χ1) is 43.4. The van der Waals surface area contributed by atoms with Gasteiger partial charge in [0.1, 0.15) is 19.3 Å². The van der Waals surface area contributed by atoms with Crippen molar-refractivity contribution in [3.8, 4) is 0 Å². The predicted molar refractivity (Wildman–Crippen MR) is 363 cm³/mol. The fourth-order valence-electron chi connectivity index (χ4n) is 10.7. The van der Waals surface area contributed by atoms with Crippen LogP contribution in [0.5, 0.6) is 0 Å². The first kappa shape index (κ1) is 88.1. The van der Waals surface area contributed by atoms with Gasteiger partial charge in [-0.05, 0) is 37.5 Å². The molecule has 0 aromatic rings. The smallest absolute Gasteiger partial charge is 0.462 e. The molecule has 3 unspecified atom stereocenters. The minimum atomic E-state index is -4.95. The van der Waals surface area contributed by atoms with Crippen molar-refractivity contribution < 1.29 is 80.2 Å². The standard InChI is InChI=1S/C71H138O17P2/c1-7-10-12-14-16-18-20-22-24-26-28-37-43-49-55-70(75)87-66(59-81-68(73)53-47-41-35-27-25-23-21-19-17-15-13-11-8-2)61-85-89(77,78)83-57-65(72)58-84-90(79,80)86-62-67(60-82-69(74)54-48-42-36-31-29-33-39-45-51-63(4)5)88-71(76)56-50-44-38-32-30-34-40-46-52-64(6)9-3/h63-67,72H,7-62H2,1-6H3,(H,77,78)(H,79,80)/t64?,65-,66-,67-/m1/s1. The minimum absolute atomic E-state index is 0.105. The van der Waals surface area contributed by atoms with Gasteiger partial charge in [-0.2, -0.15) is 0 Å². The van der Waals surface area contributed by atoms with Gasteiger partial charge in [0.25, 0.3) is 0 Å². The molecule has 90 heavy (non-hydrogen) atoms. The summed E-state index contributed by atoms with van der Waals surface area (Å²) in [5, 5.41) is 10.6. The molecule has 6 atom stereocenters. The topological polar surface area (TPSA) is 237 Å². The molecular formula is C71H138O17P2. The van der Waals surface area contributed by atoms with Crippen LogP contribution in [0.3, 0.4) is 0 Å². The number of phosphoric ester groups is 2. The number of aliphatic hydroxyl groups is 1. The van der Waals surface area contributed by atoms with Gasteiger partial charge in [0.15, 0.2) is 12.2 Å². The number of carbonyl (C=O) groups excluding carboxylic acids is 4. The van der Waals surface area contributed by atoms with E-state index in [1.807, 2.05) is 0 Å². The van der Waals surface area contributed by atoms with E-state index in [2.05, 4.69) is 41.5 Å². The maximum absolute atomic E-state index is 13.0. The molecule has 0 spiro atoms. The summed E-state index contributed by atoms with van der Waals surface area (Å²) < 4.78 is 68.3. The molecule has 534 valence electrons. The van der Waals surface area contributed by atoms with E-state index in [0.717, 1.165) is 102 Å². The Hall–Kier alpha value is -1.94. The van der Waals surface area contributed by atoms with E-state index in [9.17, 15) is 43.2 Å². The molecule has 0 heterocycles. The average molecular weight is 1330 g/mol. The van der Waals surface area contributed by atoms with Crippen molar-refractivity contribution in [1.82, 2.24) is 0 Å². The third-order valence-corrected chi connectivity index (χ3v) is 18.7. The fourth-order valence-corrected chi connectivity index (χ4v) is 12.3. The van der Waals surface area contributed by atoms with Crippen LogP contribution in [0.25, 0.3) is 0 Å². The third kappa shape index (κ3) is 63.5. The van der Waals surface area contributed by atoms with Gasteiger partial charge in [-0.1, -0.05) is 311 Å². The van der Waals surface area contributed by atoms with Crippen molar-refractivity contribution >= 4 is 39.5 Å². The van der Waals surface area contributed by atoms with Crippen LogP contribution in [0.4, 0.5) is 0 Å². The summed E-state index contributed by atoms with van der Waals surface area (Å²) >= 11 is 0. The molecule has 17 nitrogen and oxygen atoms in total. The molecule has 0 saturated heterocycles. The molecule has 19 heteroatoms. The monoisotopic (exact) mass is 1320 g/mol. The SMILES string of the molecule is CCCCCCCCCCCCCCCCC(=O)O[C@H](COC(=O)CCCCCCCCCCCCCCC)COP(=O)(O)OC[C@@H](O)COP(=O)(O)OC[C@@H](COC(=O)CCCCCCCCCCC(C)C)OC(=O)CCCCCCCCCCC(C)CC. The number of ether oxygens (including phenoxy) is 4. The molecule has 0 saturated carbocycles. The van der Waals surface area contributed by atoms with Gasteiger partial charge >= 0.3 is 39.5 Å². The summed E-state index contributed by atoms with van der Waals surface area (Å²) in [5.74, 6) is -0.626. The second kappa shape index (κ2) is 63.1. The summed E-state index contributed by atoms with van der Waals surface area (Å²) in [6.45, 7) is 9.52. The van der Waals surface area contributed by atoms with E-state index in [1.54, 1.807) is 0 Å². The van der Waals surface area contributed by atoms with Crippen molar-refractivity contribution in [3.63, 3.8) is 0 Å². The van der Waals surface area contributed by atoms with E-state index in [4.69, 9.17) is 37.0 Å². The van der Waals surface area contributed by atoms with Crippen LogP contribution in [-0.4, -0.2) is 96.7 Å². The molecule has 3 N–H and O–H groups in total. The van der Waals surface area contributed by atoms with E-state index >= 15 is 0 Å². The number of hydrogen-bond donors (Lipinski definition) is 3. The van der Waals surface area contributed by atoms with Gasteiger partial charge in [-0.3, -0.25) is 37.3 Å². The van der Waals surface area contributed by atoms with Gasteiger partial charge in [-0.15, -0.1) is 0 Å².